The third-order valence-electron chi connectivity index (χ3n) is 4.89. The van der Waals surface area contributed by atoms with E-state index in [9.17, 15) is 4.79 Å². The number of aromatic nitrogens is 2. The van der Waals surface area contributed by atoms with Crippen molar-refractivity contribution in [2.45, 2.75) is 31.5 Å². The fourth-order valence-electron chi connectivity index (χ4n) is 3.60. The second-order valence-electron chi connectivity index (χ2n) is 6.57. The lowest BCUT2D eigenvalue weighted by molar-refractivity contribution is -0.125. The molecule has 1 aromatic carbocycles. The minimum atomic E-state index is -0.263. The van der Waals surface area contributed by atoms with Crippen LogP contribution in [0.2, 0.25) is 0 Å². The van der Waals surface area contributed by atoms with Crippen molar-refractivity contribution in [3.63, 3.8) is 0 Å². The lowest BCUT2D eigenvalue weighted by Crippen LogP contribution is -2.54. The predicted octanol–water partition coefficient (Wildman–Crippen LogP) is 1.12. The van der Waals surface area contributed by atoms with Gasteiger partial charge in [0.1, 0.15) is 12.2 Å². The molecule has 1 N–H and O–H groups in total. The number of hydrogen-bond donors (Lipinski definition) is 1. The fourth-order valence-corrected chi connectivity index (χ4v) is 3.60. The Morgan fingerprint density at radius 1 is 1.24 bits per heavy atom. The van der Waals surface area contributed by atoms with Crippen LogP contribution in [0.4, 0.5) is 5.69 Å². The van der Waals surface area contributed by atoms with Crippen LogP contribution in [0.25, 0.3) is 0 Å². The summed E-state index contributed by atoms with van der Waals surface area (Å²) in [5.41, 5.74) is 6.25. The van der Waals surface area contributed by atoms with E-state index in [0.717, 1.165) is 30.6 Å². The molecule has 0 saturated carbocycles. The van der Waals surface area contributed by atoms with Crippen molar-refractivity contribution >= 4 is 17.9 Å². The van der Waals surface area contributed by atoms with E-state index in [1.54, 1.807) is 15.9 Å². The molecule has 4 rings (SSSR count). The second kappa shape index (κ2) is 6.33. The molecule has 7 heteroatoms. The number of benzene rings is 1. The lowest BCUT2D eigenvalue weighted by Gasteiger charge is -2.31. The standard InChI is InChI=1S/C18H22N6O/c1-22-11-16-14(21-22)8-9-15(18(25)23(16)2)24-17(19-12-20-24)10-13-6-4-3-5-7-13/h3-7,11-12,15,17H,8-10H2,1-2H3,(H,19,20). The molecule has 0 fully saturated rings. The summed E-state index contributed by atoms with van der Waals surface area (Å²) >= 11 is 0. The van der Waals surface area contributed by atoms with Crippen molar-refractivity contribution in [1.29, 1.82) is 0 Å². The third-order valence-corrected chi connectivity index (χ3v) is 4.89. The molecule has 1 amide bonds. The topological polar surface area (TPSA) is 65.8 Å². The number of hydrogen-bond acceptors (Lipinski definition) is 5. The first kappa shape index (κ1) is 15.8. The Balaban J connectivity index is 1.55. The quantitative estimate of drug-likeness (QED) is 0.911. The Labute approximate surface area is 146 Å². The zero-order valence-electron chi connectivity index (χ0n) is 14.5. The van der Waals surface area contributed by atoms with Gasteiger partial charge in [0.05, 0.1) is 17.7 Å². The van der Waals surface area contributed by atoms with Gasteiger partial charge in [-0.1, -0.05) is 30.3 Å². The van der Waals surface area contributed by atoms with Crippen molar-refractivity contribution in [2.24, 2.45) is 12.0 Å². The first-order chi connectivity index (χ1) is 12.1. The Morgan fingerprint density at radius 2 is 2.04 bits per heavy atom. The van der Waals surface area contributed by atoms with Gasteiger partial charge in [-0.05, 0) is 18.4 Å². The summed E-state index contributed by atoms with van der Waals surface area (Å²) in [6.45, 7) is 0. The number of anilines is 1. The molecule has 2 aliphatic heterocycles. The number of aliphatic imine (C=N–C) groups is 1. The zero-order chi connectivity index (χ0) is 17.4. The molecule has 0 aliphatic carbocycles. The van der Waals surface area contributed by atoms with Crippen LogP contribution in [0.5, 0.6) is 0 Å². The van der Waals surface area contributed by atoms with Crippen molar-refractivity contribution in [3.8, 4) is 0 Å². The molecule has 130 valence electrons. The van der Waals surface area contributed by atoms with E-state index >= 15 is 0 Å². The highest BCUT2D eigenvalue weighted by atomic mass is 16.2. The number of carbonyl (C=O) groups is 1. The zero-order valence-corrected chi connectivity index (χ0v) is 14.5. The number of carbonyl (C=O) groups excluding carboxylic acids is 1. The number of hydrazine groups is 1. The largest absolute Gasteiger partial charge is 0.311 e. The molecule has 0 bridgehead atoms. The van der Waals surface area contributed by atoms with Crippen LogP contribution in [0, 0.1) is 0 Å². The van der Waals surface area contributed by atoms with E-state index < -0.39 is 0 Å². The minimum absolute atomic E-state index is 0.0720. The minimum Gasteiger partial charge on any atom is -0.311 e. The van der Waals surface area contributed by atoms with Gasteiger partial charge in [0.2, 0.25) is 5.91 Å². The first-order valence-electron chi connectivity index (χ1n) is 8.53. The average Bonchev–Trinajstić information content (AvgIpc) is 3.19. The Morgan fingerprint density at radius 3 is 2.84 bits per heavy atom. The molecule has 7 nitrogen and oxygen atoms in total. The molecule has 2 aliphatic rings. The molecule has 2 atom stereocenters. The summed E-state index contributed by atoms with van der Waals surface area (Å²) in [5, 5.41) is 6.48. The molecule has 2 unspecified atom stereocenters. The van der Waals surface area contributed by atoms with E-state index in [-0.39, 0.29) is 18.1 Å². The van der Waals surface area contributed by atoms with Crippen LogP contribution >= 0.6 is 0 Å². The van der Waals surface area contributed by atoms with Gasteiger partial charge in [0.15, 0.2) is 0 Å². The van der Waals surface area contributed by atoms with Crippen LogP contribution in [0.3, 0.4) is 0 Å². The highest BCUT2D eigenvalue weighted by Crippen LogP contribution is 2.28. The van der Waals surface area contributed by atoms with E-state index in [0.29, 0.717) is 0 Å². The van der Waals surface area contributed by atoms with Gasteiger partial charge in [0, 0.05) is 26.7 Å². The fraction of sp³-hybridized carbons (Fsp3) is 0.389. The van der Waals surface area contributed by atoms with Crippen LogP contribution in [-0.2, 0) is 24.7 Å². The van der Waals surface area contributed by atoms with E-state index in [2.05, 4.69) is 27.6 Å². The van der Waals surface area contributed by atoms with Crippen LogP contribution in [-0.4, -0.2) is 46.3 Å². The highest BCUT2D eigenvalue weighted by Gasteiger charge is 2.38. The van der Waals surface area contributed by atoms with Crippen molar-refractivity contribution in [3.05, 3.63) is 47.8 Å². The predicted molar refractivity (Wildman–Crippen MR) is 96.1 cm³/mol. The summed E-state index contributed by atoms with van der Waals surface area (Å²) < 4.78 is 1.77. The number of nitrogens with zero attached hydrogens (tertiary/aromatic N) is 5. The van der Waals surface area contributed by atoms with Crippen molar-refractivity contribution < 1.29 is 4.79 Å². The monoisotopic (exact) mass is 338 g/mol. The maximum Gasteiger partial charge on any atom is 0.246 e. The molecule has 1 aromatic heterocycles. The number of fused-ring (bicyclic) bond motifs is 1. The van der Waals surface area contributed by atoms with E-state index in [1.165, 1.54) is 5.56 Å². The Kier molecular flexibility index (Phi) is 4.01. The van der Waals surface area contributed by atoms with Gasteiger partial charge < -0.3 is 10.3 Å². The summed E-state index contributed by atoms with van der Waals surface area (Å²) in [6, 6.07) is 9.98. The van der Waals surface area contributed by atoms with Crippen molar-refractivity contribution in [1.82, 2.24) is 20.2 Å². The highest BCUT2D eigenvalue weighted by molar-refractivity contribution is 5.98. The van der Waals surface area contributed by atoms with Crippen LogP contribution in [0.15, 0.2) is 41.5 Å². The van der Waals surface area contributed by atoms with E-state index in [4.69, 9.17) is 0 Å². The summed E-state index contributed by atoms with van der Waals surface area (Å²) in [7, 11) is 3.71. The molecule has 3 heterocycles. The molecular weight excluding hydrogens is 316 g/mol. The SMILES string of the molecule is CN1C(=O)C(N2NC=NC2Cc2ccccc2)CCc2nn(C)cc21. The van der Waals surface area contributed by atoms with Gasteiger partial charge in [0.25, 0.3) is 0 Å². The molecular formula is C18H22N6O. The summed E-state index contributed by atoms with van der Waals surface area (Å²) in [4.78, 5) is 19.3. The lowest BCUT2D eigenvalue weighted by atomic mass is 10.1. The number of amides is 1. The number of nitrogens with one attached hydrogen (secondary N) is 1. The van der Waals surface area contributed by atoms with Crippen molar-refractivity contribution in [2.75, 3.05) is 11.9 Å². The van der Waals surface area contributed by atoms with Crippen LogP contribution < -0.4 is 10.3 Å². The Hall–Kier alpha value is -2.67. The smallest absolute Gasteiger partial charge is 0.246 e. The molecule has 0 saturated heterocycles. The van der Waals surface area contributed by atoms with Gasteiger partial charge in [-0.25, -0.2) is 0 Å². The Bertz CT molecular complexity index is 799. The van der Waals surface area contributed by atoms with Gasteiger partial charge in [-0.2, -0.15) is 10.1 Å². The third kappa shape index (κ3) is 2.91. The van der Waals surface area contributed by atoms with Gasteiger partial charge in [-0.15, -0.1) is 0 Å². The van der Waals surface area contributed by atoms with Gasteiger partial charge >= 0.3 is 0 Å². The summed E-state index contributed by atoms with van der Waals surface area (Å²) in [5.74, 6) is 0.0720. The average molecular weight is 338 g/mol. The second-order valence-corrected chi connectivity index (χ2v) is 6.57. The first-order valence-corrected chi connectivity index (χ1v) is 8.53. The number of rotatable bonds is 3. The molecule has 0 spiro atoms. The maximum atomic E-state index is 13.1. The normalized spacial score (nSPS) is 23.4. The molecule has 0 radical (unpaired) electrons. The van der Waals surface area contributed by atoms with Crippen LogP contribution in [0.1, 0.15) is 17.7 Å². The maximum absolute atomic E-state index is 13.1. The van der Waals surface area contributed by atoms with E-state index in [1.807, 2.05) is 43.5 Å². The number of likely N-dealkylation sites (N-methyl/N-ethyl adjacent to an activating group) is 1. The number of aryl methyl sites for hydroxylation is 2. The van der Waals surface area contributed by atoms with Gasteiger partial charge in [-0.3, -0.25) is 14.5 Å². The molecule has 2 aromatic rings. The molecule has 25 heavy (non-hydrogen) atoms. The summed E-state index contributed by atoms with van der Waals surface area (Å²) in [6.07, 6.45) is 5.77.